The second-order valence-corrected chi connectivity index (χ2v) is 6.62. The Bertz CT molecular complexity index is 1350. The largest absolute Gasteiger partial charge is 0.477 e. The van der Waals surface area contributed by atoms with E-state index in [2.05, 4.69) is 15.1 Å². The molecule has 2 aliphatic heterocycles. The van der Waals surface area contributed by atoms with Crippen molar-refractivity contribution < 1.29 is 22.1 Å². The van der Waals surface area contributed by atoms with Crippen LogP contribution in [0.15, 0.2) is 24.5 Å². The Morgan fingerprint density at radius 3 is 3.24 bits per heavy atom. The van der Waals surface area contributed by atoms with Gasteiger partial charge in [-0.1, -0.05) is 0 Å². The number of carbonyl (C=O) groups is 1. The van der Waals surface area contributed by atoms with Crippen molar-refractivity contribution in [3.63, 3.8) is 0 Å². The highest BCUT2D eigenvalue weighted by molar-refractivity contribution is 6.04. The highest BCUT2D eigenvalue weighted by Crippen LogP contribution is 2.39. The van der Waals surface area contributed by atoms with Crippen LogP contribution in [0, 0.1) is 5.82 Å². The zero-order valence-electron chi connectivity index (χ0n) is 21.0. The Morgan fingerprint density at radius 1 is 1.45 bits per heavy atom. The summed E-state index contributed by atoms with van der Waals surface area (Å²) in [4.78, 5) is 23.2. The van der Waals surface area contributed by atoms with E-state index in [4.69, 9.17) is 18.7 Å². The minimum atomic E-state index is -3.45. The SMILES string of the molecule is [2H]C1([2H])NC(=O)c2c(N)nn3ccc(nc23)N2CCCC2c2cc(F)cnc2OC([2H])([2H])C1([2H])[2H]. The topological polar surface area (TPSA) is 111 Å². The van der Waals surface area contributed by atoms with Crippen LogP contribution >= 0.6 is 0 Å². The standard InChI is InChI=1S/C19H20FN7O2/c20-11-9-12-13-3-1-6-26(13)14-4-7-27-17(24-14)15(16(21)25-27)18(28)22-5-2-8-29-19(12)23-10-11/h4,7,9-10,13H,1-3,5-6,8H2,(H2,21,25)(H,22,28)/i2D2,5D2,8D2. The number of fused-ring (bicyclic) bond motifs is 5. The molecule has 1 fully saturated rings. The summed E-state index contributed by atoms with van der Waals surface area (Å²) < 4.78 is 70.1. The Morgan fingerprint density at radius 2 is 2.34 bits per heavy atom. The summed E-state index contributed by atoms with van der Waals surface area (Å²) in [5.74, 6) is -2.12. The molecule has 1 atom stereocenters. The molecule has 1 amide bonds. The van der Waals surface area contributed by atoms with E-state index in [1.807, 2.05) is 10.2 Å². The maximum Gasteiger partial charge on any atom is 0.258 e. The summed E-state index contributed by atoms with van der Waals surface area (Å²) >= 11 is 0. The number of halogens is 1. The van der Waals surface area contributed by atoms with Gasteiger partial charge in [0.1, 0.15) is 17.2 Å². The van der Waals surface area contributed by atoms with E-state index in [0.717, 1.165) is 12.3 Å². The first-order valence-electron chi connectivity index (χ1n) is 11.9. The molecule has 0 radical (unpaired) electrons. The van der Waals surface area contributed by atoms with E-state index in [0.29, 0.717) is 25.2 Å². The van der Waals surface area contributed by atoms with E-state index in [1.54, 1.807) is 6.07 Å². The van der Waals surface area contributed by atoms with Crippen molar-refractivity contribution in [1.29, 1.82) is 0 Å². The predicted octanol–water partition coefficient (Wildman–Crippen LogP) is 1.70. The molecule has 2 bridgehead atoms. The summed E-state index contributed by atoms with van der Waals surface area (Å²) in [7, 11) is 0. The number of rotatable bonds is 0. The molecule has 1 saturated heterocycles. The normalized spacial score (nSPS) is 27.7. The molecule has 9 nitrogen and oxygen atoms in total. The molecule has 29 heavy (non-hydrogen) atoms. The van der Waals surface area contributed by atoms with Crippen LogP contribution in [0.4, 0.5) is 16.0 Å². The first-order valence-corrected chi connectivity index (χ1v) is 8.91. The number of hydrogen-bond donors (Lipinski definition) is 2. The third-order valence-corrected chi connectivity index (χ3v) is 4.91. The van der Waals surface area contributed by atoms with Crippen LogP contribution in [-0.4, -0.2) is 45.1 Å². The number of nitrogens with two attached hydrogens (primary N) is 1. The van der Waals surface area contributed by atoms with E-state index >= 15 is 0 Å². The molecular formula is C19H20FN7O2. The lowest BCUT2D eigenvalue weighted by Gasteiger charge is -2.27. The molecular weight excluding hydrogens is 377 g/mol. The summed E-state index contributed by atoms with van der Waals surface area (Å²) in [6.07, 6.45) is 0.0336. The van der Waals surface area contributed by atoms with E-state index in [1.165, 1.54) is 10.7 Å². The highest BCUT2D eigenvalue weighted by Gasteiger charge is 2.31. The summed E-state index contributed by atoms with van der Waals surface area (Å²) in [5, 5.41) is 5.88. The van der Waals surface area contributed by atoms with Gasteiger partial charge in [-0.2, -0.15) is 0 Å². The van der Waals surface area contributed by atoms with Crippen LogP contribution in [0.1, 0.15) is 49.4 Å². The van der Waals surface area contributed by atoms with Gasteiger partial charge in [0.25, 0.3) is 5.91 Å². The molecule has 3 aromatic heterocycles. The molecule has 2 aliphatic rings. The lowest BCUT2D eigenvalue weighted by atomic mass is 10.1. The number of nitrogens with one attached hydrogen (secondary N) is 1. The summed E-state index contributed by atoms with van der Waals surface area (Å²) in [6.45, 7) is -6.15. The number of ether oxygens (including phenoxy) is 1. The number of carbonyl (C=O) groups excluding carboxylic acids is 1. The van der Waals surface area contributed by atoms with Crippen LogP contribution in [0.5, 0.6) is 5.88 Å². The van der Waals surface area contributed by atoms with Gasteiger partial charge in [0.2, 0.25) is 5.88 Å². The summed E-state index contributed by atoms with van der Waals surface area (Å²) in [5.41, 5.74) is 5.75. The minimum absolute atomic E-state index is 0.00609. The summed E-state index contributed by atoms with van der Waals surface area (Å²) in [6, 6.07) is 2.18. The maximum absolute atomic E-state index is 14.2. The first kappa shape index (κ1) is 12.2. The van der Waals surface area contributed by atoms with Crippen molar-refractivity contribution in [2.45, 2.75) is 25.3 Å². The van der Waals surface area contributed by atoms with Crippen molar-refractivity contribution in [2.24, 2.45) is 0 Å². The monoisotopic (exact) mass is 403 g/mol. The number of aromatic nitrogens is 4. The molecule has 3 N–H and O–H groups in total. The number of pyridine rings is 1. The average molecular weight is 403 g/mol. The molecule has 0 saturated carbocycles. The second kappa shape index (κ2) is 6.87. The van der Waals surface area contributed by atoms with Gasteiger partial charge in [-0.15, -0.1) is 5.10 Å². The van der Waals surface area contributed by atoms with Crippen molar-refractivity contribution in [3.8, 4) is 5.88 Å². The van der Waals surface area contributed by atoms with E-state index in [-0.39, 0.29) is 22.6 Å². The van der Waals surface area contributed by atoms with Gasteiger partial charge < -0.3 is 20.7 Å². The lowest BCUT2D eigenvalue weighted by molar-refractivity contribution is 0.0953. The molecule has 0 spiro atoms. The molecule has 5 rings (SSSR count). The highest BCUT2D eigenvalue weighted by atomic mass is 19.1. The fourth-order valence-electron chi connectivity index (χ4n) is 3.69. The van der Waals surface area contributed by atoms with Crippen molar-refractivity contribution >= 4 is 23.2 Å². The Balaban J connectivity index is 1.78. The zero-order valence-corrected chi connectivity index (χ0v) is 15.0. The van der Waals surface area contributed by atoms with Gasteiger partial charge in [0.05, 0.1) is 21.5 Å². The zero-order chi connectivity index (χ0) is 25.3. The third-order valence-electron chi connectivity index (χ3n) is 4.91. The molecule has 1 unspecified atom stereocenters. The van der Waals surface area contributed by atoms with Crippen LogP contribution < -0.4 is 20.7 Å². The number of amides is 1. The van der Waals surface area contributed by atoms with Crippen molar-refractivity contribution in [3.05, 3.63) is 41.5 Å². The number of nitrogens with zero attached hydrogens (tertiary/aromatic N) is 5. The third kappa shape index (κ3) is 3.00. The van der Waals surface area contributed by atoms with Crippen LogP contribution in [0.2, 0.25) is 0 Å². The van der Waals surface area contributed by atoms with Gasteiger partial charge in [-0.25, -0.2) is 18.9 Å². The van der Waals surface area contributed by atoms with E-state index < -0.39 is 43.1 Å². The molecule has 3 aromatic rings. The first-order chi connectivity index (χ1) is 16.3. The molecule has 5 heterocycles. The number of nitrogen functional groups attached to an aromatic ring is 1. The van der Waals surface area contributed by atoms with Gasteiger partial charge in [-0.05, 0) is 31.3 Å². The van der Waals surface area contributed by atoms with Gasteiger partial charge in [-0.3, -0.25) is 4.79 Å². The quantitative estimate of drug-likeness (QED) is 0.588. The van der Waals surface area contributed by atoms with Crippen molar-refractivity contribution in [1.82, 2.24) is 24.9 Å². The average Bonchev–Trinajstić information content (AvgIpc) is 3.36. The minimum Gasteiger partial charge on any atom is -0.477 e. The Kier molecular flexibility index (Phi) is 2.89. The molecule has 0 aromatic carbocycles. The predicted molar refractivity (Wildman–Crippen MR) is 103 cm³/mol. The number of anilines is 2. The van der Waals surface area contributed by atoms with Crippen LogP contribution in [-0.2, 0) is 0 Å². The van der Waals surface area contributed by atoms with Gasteiger partial charge in [0, 0.05) is 30.3 Å². The molecule has 0 aliphatic carbocycles. The van der Waals surface area contributed by atoms with Gasteiger partial charge >= 0.3 is 0 Å². The number of hydrogen-bond acceptors (Lipinski definition) is 7. The maximum atomic E-state index is 14.2. The Labute approximate surface area is 174 Å². The second-order valence-electron chi connectivity index (χ2n) is 6.62. The smallest absolute Gasteiger partial charge is 0.258 e. The van der Waals surface area contributed by atoms with Gasteiger partial charge in [0.15, 0.2) is 11.5 Å². The lowest BCUT2D eigenvalue weighted by Crippen LogP contribution is -2.28. The van der Waals surface area contributed by atoms with E-state index in [9.17, 15) is 9.18 Å². The molecule has 10 heteroatoms. The fraction of sp³-hybridized carbons (Fsp3) is 0.368. The Hall–Kier alpha value is -3.43. The van der Waals surface area contributed by atoms with Crippen LogP contribution in [0.25, 0.3) is 5.65 Å². The molecule has 150 valence electrons. The van der Waals surface area contributed by atoms with Crippen LogP contribution in [0.3, 0.4) is 0 Å². The van der Waals surface area contributed by atoms with Crippen molar-refractivity contribution in [2.75, 3.05) is 30.2 Å². The fourth-order valence-corrected chi connectivity index (χ4v) is 3.69.